The van der Waals surface area contributed by atoms with Crippen molar-refractivity contribution in [2.24, 2.45) is 0 Å². The third-order valence-electron chi connectivity index (χ3n) is 19.3. The van der Waals surface area contributed by atoms with Crippen molar-refractivity contribution in [3.63, 3.8) is 0 Å². The number of nitrogens with one attached hydrogen (secondary N) is 1. The number of Topliss-reactive ketones (excluding diaryl/α,β-unsaturated/α-hetero) is 5. The molecule has 0 rings (SSSR count). The summed E-state index contributed by atoms with van der Waals surface area (Å²) >= 11 is 0. The Balaban J connectivity index is -0.000000100. The molecule has 0 atom stereocenters. The molecular weight excluding hydrogens is 1400 g/mol. The topological polar surface area (TPSA) is 114 Å². The van der Waals surface area contributed by atoms with Crippen molar-refractivity contribution in [1.82, 2.24) is 5.32 Å². The summed E-state index contributed by atoms with van der Waals surface area (Å²) in [5.41, 5.74) is 0. The molecule has 0 saturated carbocycles. The summed E-state index contributed by atoms with van der Waals surface area (Å²) in [6, 6.07) is 0. The van der Waals surface area contributed by atoms with Crippen LogP contribution in [0, 0.1) is 24.7 Å². The molecule has 0 aromatic heterocycles. The van der Waals surface area contributed by atoms with Gasteiger partial charge in [0.15, 0.2) is 0 Å². The van der Waals surface area contributed by atoms with E-state index in [1.54, 1.807) is 34.6 Å². The van der Waals surface area contributed by atoms with Crippen molar-refractivity contribution >= 4 is 34.8 Å². The van der Waals surface area contributed by atoms with Gasteiger partial charge in [0.2, 0.25) is 5.91 Å². The second-order valence-corrected chi connectivity index (χ2v) is 32.5. The standard InChI is InChI=1S/C12H24O.C11H24.C10H21NO.C10H20O.C10H22.C9H18O.C9H20.C8H16O.C8H18.C7H10O.C7H16.C6H10/c1-3-4-5-6-7-8-9-10-11-12(2)13;1-3-5-7-9-11-10-8-6-4-2;1-3-5-6-7-8-9-11-10(12)4-2;1-3-4-5-6-7-8-9-10(2)11;1-3-5-7-9-10-8-6-4-2;1-3-4-5-6-7-8-9(2)10;1-3-5-7-9-8-6-4-2;1-3-4-5-6-7-8(2)9;1-3-5-7-8-6-4-2;1-3-4-5-6-7(2)8;1-3-5-7-6-4-2;1-3-5-6-4-2/h3-11H2,1-2H3;3-11H2,1-2H3;3-9H2,1-2H3,(H,11,12);3-9H2,1-2H3;3-10H2,1-2H3;3-8H2,1-2H3;3-9H2,1-2H3;3-7H2,1-2H3;3-8H2,1-2H3;1H,4-6H2,2H3;3-7H2,1-2H3;1H,4-6H2,2H3. The second-order valence-electron chi connectivity index (χ2n) is 32.5. The van der Waals surface area contributed by atoms with Gasteiger partial charge < -0.3 is 29.3 Å². The average molecular weight is 1620 g/mol. The first kappa shape index (κ1) is 137. The smallest absolute Gasteiger partial charge is 0.219 e. The van der Waals surface area contributed by atoms with Gasteiger partial charge in [0.25, 0.3) is 0 Å². The highest BCUT2D eigenvalue weighted by Crippen LogP contribution is 2.14. The predicted octanol–water partition coefficient (Wildman–Crippen LogP) is 37.4. The highest BCUT2D eigenvalue weighted by molar-refractivity contribution is 5.77. The highest BCUT2D eigenvalue weighted by Gasteiger charge is 1.99. The maximum atomic E-state index is 10.8. The van der Waals surface area contributed by atoms with Gasteiger partial charge in [-0.05, 0) is 79.6 Å². The van der Waals surface area contributed by atoms with Crippen LogP contribution >= 0.6 is 0 Å². The number of hydrogen-bond acceptors (Lipinski definition) is 6. The summed E-state index contributed by atoms with van der Waals surface area (Å²) in [5.74, 6) is 6.76. The third kappa shape index (κ3) is 220. The summed E-state index contributed by atoms with van der Waals surface area (Å²) in [5, 5.41) is 2.87. The molecule has 7 heteroatoms. The Hall–Kier alpha value is -3.06. The Morgan fingerprint density at radius 2 is 0.316 bits per heavy atom. The number of carbonyl (C=O) groups is 6. The summed E-state index contributed by atoms with van der Waals surface area (Å²) < 4.78 is 0. The summed E-state index contributed by atoms with van der Waals surface area (Å²) in [7, 11) is 0. The summed E-state index contributed by atoms with van der Waals surface area (Å²) in [6.45, 7) is 46.8. The monoisotopic (exact) mass is 1610 g/mol. The number of ketones is 5. The number of hydrogen-bond donors (Lipinski definition) is 1. The van der Waals surface area contributed by atoms with Gasteiger partial charge in [0.05, 0.1) is 0 Å². The Bertz CT molecular complexity index is 1690. The van der Waals surface area contributed by atoms with Crippen LogP contribution in [0.1, 0.15) is 627 Å². The fourth-order valence-corrected chi connectivity index (χ4v) is 11.4. The van der Waals surface area contributed by atoms with Crippen molar-refractivity contribution in [2.45, 2.75) is 627 Å². The van der Waals surface area contributed by atoms with E-state index in [1.807, 2.05) is 6.92 Å². The molecule has 0 fully saturated rings. The molecule has 0 bridgehead atoms. The number of terminal acetylenes is 2. The van der Waals surface area contributed by atoms with E-state index in [-0.39, 0.29) is 11.7 Å². The van der Waals surface area contributed by atoms with Crippen molar-refractivity contribution < 1.29 is 28.8 Å². The van der Waals surface area contributed by atoms with Crippen LogP contribution in [0.25, 0.3) is 0 Å². The lowest BCUT2D eigenvalue weighted by atomic mass is 10.1. The van der Waals surface area contributed by atoms with Gasteiger partial charge in [-0.25, -0.2) is 0 Å². The molecule has 1 amide bonds. The van der Waals surface area contributed by atoms with Gasteiger partial charge in [0.1, 0.15) is 28.9 Å². The van der Waals surface area contributed by atoms with E-state index in [4.69, 9.17) is 12.8 Å². The number of rotatable bonds is 69. The van der Waals surface area contributed by atoms with Crippen LogP contribution in [-0.4, -0.2) is 41.4 Å². The lowest BCUT2D eigenvalue weighted by molar-refractivity contribution is -0.121. The molecule has 114 heavy (non-hydrogen) atoms. The summed E-state index contributed by atoms with van der Waals surface area (Å²) in [4.78, 5) is 63.1. The van der Waals surface area contributed by atoms with Crippen molar-refractivity contribution in [3.05, 3.63) is 0 Å². The van der Waals surface area contributed by atoms with Gasteiger partial charge in [-0.15, -0.1) is 24.7 Å². The van der Waals surface area contributed by atoms with Crippen LogP contribution < -0.4 is 5.32 Å². The number of amides is 1. The van der Waals surface area contributed by atoms with E-state index in [0.717, 1.165) is 83.6 Å². The van der Waals surface area contributed by atoms with Crippen LogP contribution in [0.2, 0.25) is 0 Å². The zero-order valence-corrected chi connectivity index (χ0v) is 83.1. The van der Waals surface area contributed by atoms with Gasteiger partial charge in [0, 0.05) is 57.9 Å². The van der Waals surface area contributed by atoms with Gasteiger partial charge in [-0.1, -0.05) is 497 Å². The van der Waals surface area contributed by atoms with Crippen LogP contribution in [0.15, 0.2) is 0 Å². The summed E-state index contributed by atoms with van der Waals surface area (Å²) in [6.07, 6.45) is 104. The Morgan fingerprint density at radius 1 is 0.184 bits per heavy atom. The van der Waals surface area contributed by atoms with Gasteiger partial charge in [-0.2, -0.15) is 0 Å². The quantitative estimate of drug-likeness (QED) is 0.0479. The largest absolute Gasteiger partial charge is 0.356 e. The zero-order chi connectivity index (χ0) is 88.6. The van der Waals surface area contributed by atoms with E-state index >= 15 is 0 Å². The van der Waals surface area contributed by atoms with Crippen LogP contribution in [0.3, 0.4) is 0 Å². The highest BCUT2D eigenvalue weighted by atomic mass is 16.2. The van der Waals surface area contributed by atoms with E-state index in [1.165, 1.54) is 385 Å². The lowest BCUT2D eigenvalue weighted by Crippen LogP contribution is -2.23. The molecule has 7 nitrogen and oxygen atoms in total. The van der Waals surface area contributed by atoms with Crippen molar-refractivity contribution in [3.8, 4) is 24.7 Å². The van der Waals surface area contributed by atoms with Crippen LogP contribution in [0.5, 0.6) is 0 Å². The molecule has 0 aliphatic heterocycles. The Morgan fingerprint density at radius 3 is 0.465 bits per heavy atom. The first-order chi connectivity index (χ1) is 55.1. The van der Waals surface area contributed by atoms with Gasteiger partial charge in [-0.3, -0.25) is 4.79 Å². The van der Waals surface area contributed by atoms with E-state index in [2.05, 4.69) is 128 Å². The minimum Gasteiger partial charge on any atom is -0.356 e. The molecule has 0 aromatic carbocycles. The molecule has 0 spiro atoms. The molecule has 0 radical (unpaired) electrons. The van der Waals surface area contributed by atoms with Crippen LogP contribution in [0.4, 0.5) is 0 Å². The molecule has 0 aromatic rings. The maximum absolute atomic E-state index is 10.8. The van der Waals surface area contributed by atoms with Crippen molar-refractivity contribution in [1.29, 1.82) is 0 Å². The molecule has 0 heterocycles. The van der Waals surface area contributed by atoms with Gasteiger partial charge >= 0.3 is 0 Å². The van der Waals surface area contributed by atoms with Crippen molar-refractivity contribution in [2.75, 3.05) is 6.54 Å². The molecule has 0 aliphatic carbocycles. The van der Waals surface area contributed by atoms with Crippen LogP contribution in [-0.2, 0) is 28.8 Å². The Kier molecular flexibility index (Phi) is 181. The minimum absolute atomic E-state index is 0.172. The maximum Gasteiger partial charge on any atom is 0.219 e. The zero-order valence-electron chi connectivity index (χ0n) is 83.1. The first-order valence-corrected chi connectivity index (χ1v) is 50.8. The predicted molar refractivity (Wildman–Crippen MR) is 522 cm³/mol. The lowest BCUT2D eigenvalue weighted by Gasteiger charge is -2.02. The number of carbonyl (C=O) groups excluding carboxylic acids is 6. The third-order valence-corrected chi connectivity index (χ3v) is 19.3. The molecule has 1 N–H and O–H groups in total. The second kappa shape index (κ2) is 151. The molecule has 0 saturated heterocycles. The number of unbranched alkanes of at least 4 members (excludes halogenated alkanes) is 56. The molecule has 688 valence electrons. The minimum atomic E-state index is 0.172. The SMILES string of the molecule is C#CCCCC.C#CCCCC(C)=O.CCCCCCC.CCCCCCC(C)=O.CCCCCCCC.CCCCCCCC(C)=O.CCCCCCCCC.CCCCCCCCC(C)=O.CCCCCCCCCC.CCCCCCCCCCC.CCCCCCCCCCC(C)=O.CCCCCCCNC(=O)CC. The Labute approximate surface area is 723 Å². The molecule has 0 unspecified atom stereocenters. The molecular formula is C107H219NO6. The average Bonchev–Trinajstić information content (AvgIpc) is 1.30. The first-order valence-electron chi connectivity index (χ1n) is 50.8. The van der Waals surface area contributed by atoms with E-state index in [0.29, 0.717) is 36.0 Å². The van der Waals surface area contributed by atoms with E-state index < -0.39 is 0 Å². The normalized spacial score (nSPS) is 9.68. The molecule has 0 aliphatic rings. The van der Waals surface area contributed by atoms with E-state index in [9.17, 15) is 28.8 Å². The fraction of sp³-hybridized carbons (Fsp3) is 0.907. The fourth-order valence-electron chi connectivity index (χ4n) is 11.4.